The molecule has 0 aliphatic carbocycles. The van der Waals surface area contributed by atoms with Crippen LogP contribution < -0.4 is 0 Å². The van der Waals surface area contributed by atoms with E-state index in [0.29, 0.717) is 12.7 Å². The quantitative estimate of drug-likeness (QED) is 0.704. The fraction of sp³-hybridized carbons (Fsp3) is 0.455. The predicted octanol–water partition coefficient (Wildman–Crippen LogP) is 1.91. The molecule has 1 aromatic carbocycles. The molecule has 2 nitrogen and oxygen atoms in total. The Morgan fingerprint density at radius 2 is 2.00 bits per heavy atom. The van der Waals surface area contributed by atoms with Crippen molar-refractivity contribution >= 4 is 0 Å². The first kappa shape index (κ1) is 8.73. The molecule has 1 heterocycles. The first-order chi connectivity index (χ1) is 6.34. The van der Waals surface area contributed by atoms with Gasteiger partial charge in [-0.2, -0.15) is 0 Å². The summed E-state index contributed by atoms with van der Waals surface area (Å²) in [5.74, 6) is 0. The van der Waals surface area contributed by atoms with Gasteiger partial charge in [-0.3, -0.25) is 0 Å². The van der Waals surface area contributed by atoms with Crippen molar-refractivity contribution in [2.24, 2.45) is 0 Å². The lowest BCUT2D eigenvalue weighted by atomic mass is 10.2. The maximum absolute atomic E-state index is 5.58. The Hall–Kier alpha value is -0.860. The molecule has 0 radical (unpaired) electrons. The average molecular weight is 178 g/mol. The molecule has 0 saturated carbocycles. The van der Waals surface area contributed by atoms with Crippen LogP contribution in [0.15, 0.2) is 24.3 Å². The summed E-state index contributed by atoms with van der Waals surface area (Å²) in [5, 5.41) is 0. The number of ether oxygens (including phenoxy) is 2. The van der Waals surface area contributed by atoms with Crippen molar-refractivity contribution in [2.75, 3.05) is 13.2 Å². The SMILES string of the molecule is Cc1ccc(COC2COC2)cc1. The van der Waals surface area contributed by atoms with Crippen LogP contribution in [-0.2, 0) is 16.1 Å². The van der Waals surface area contributed by atoms with E-state index in [1.165, 1.54) is 11.1 Å². The monoisotopic (exact) mass is 178 g/mol. The third-order valence-electron chi connectivity index (χ3n) is 2.21. The molecule has 70 valence electrons. The molecule has 0 amide bonds. The lowest BCUT2D eigenvalue weighted by molar-refractivity contribution is -0.135. The van der Waals surface area contributed by atoms with Gasteiger partial charge in [-0.05, 0) is 12.5 Å². The van der Waals surface area contributed by atoms with Crippen LogP contribution in [0.5, 0.6) is 0 Å². The highest BCUT2D eigenvalue weighted by molar-refractivity contribution is 5.20. The molecule has 2 heteroatoms. The molecule has 0 spiro atoms. The molecule has 1 aliphatic rings. The van der Waals surface area contributed by atoms with E-state index in [1.54, 1.807) is 0 Å². The Balaban J connectivity index is 1.83. The summed E-state index contributed by atoms with van der Waals surface area (Å²) in [6.45, 7) is 4.30. The van der Waals surface area contributed by atoms with Gasteiger partial charge in [-0.25, -0.2) is 0 Å². The standard InChI is InChI=1S/C11H14O2/c1-9-2-4-10(5-3-9)6-13-11-7-12-8-11/h2-5,11H,6-8H2,1H3. The Morgan fingerprint density at radius 3 is 2.54 bits per heavy atom. The van der Waals surface area contributed by atoms with Gasteiger partial charge in [0, 0.05) is 0 Å². The molecule has 1 saturated heterocycles. The first-order valence-electron chi connectivity index (χ1n) is 4.59. The highest BCUT2D eigenvalue weighted by Gasteiger charge is 2.18. The van der Waals surface area contributed by atoms with Gasteiger partial charge < -0.3 is 9.47 Å². The molecule has 1 fully saturated rings. The molecule has 2 rings (SSSR count). The van der Waals surface area contributed by atoms with Crippen LogP contribution >= 0.6 is 0 Å². The Labute approximate surface area is 78.5 Å². The zero-order valence-corrected chi connectivity index (χ0v) is 7.82. The number of rotatable bonds is 3. The molecule has 0 bridgehead atoms. The van der Waals surface area contributed by atoms with E-state index < -0.39 is 0 Å². The minimum atomic E-state index is 0.321. The van der Waals surface area contributed by atoms with Crippen molar-refractivity contribution in [3.8, 4) is 0 Å². The fourth-order valence-electron chi connectivity index (χ4n) is 1.21. The van der Waals surface area contributed by atoms with Gasteiger partial charge in [-0.1, -0.05) is 29.8 Å². The highest BCUT2D eigenvalue weighted by atomic mass is 16.6. The van der Waals surface area contributed by atoms with Gasteiger partial charge in [0.1, 0.15) is 6.10 Å². The second-order valence-corrected chi connectivity index (χ2v) is 3.46. The van der Waals surface area contributed by atoms with Crippen LogP contribution in [0.4, 0.5) is 0 Å². The molecule has 1 aliphatic heterocycles. The van der Waals surface area contributed by atoms with Crippen LogP contribution in [0.1, 0.15) is 11.1 Å². The van der Waals surface area contributed by atoms with E-state index in [2.05, 4.69) is 31.2 Å². The van der Waals surface area contributed by atoms with Crippen molar-refractivity contribution < 1.29 is 9.47 Å². The van der Waals surface area contributed by atoms with Gasteiger partial charge in [0.15, 0.2) is 0 Å². The second-order valence-electron chi connectivity index (χ2n) is 3.46. The Bertz CT molecular complexity index is 262. The molecular formula is C11H14O2. The summed E-state index contributed by atoms with van der Waals surface area (Å²) in [5.41, 5.74) is 2.52. The summed E-state index contributed by atoms with van der Waals surface area (Å²) in [4.78, 5) is 0. The lowest BCUT2D eigenvalue weighted by Gasteiger charge is -2.25. The largest absolute Gasteiger partial charge is 0.376 e. The summed E-state index contributed by atoms with van der Waals surface area (Å²) >= 11 is 0. The van der Waals surface area contributed by atoms with Gasteiger partial charge in [0.05, 0.1) is 19.8 Å². The molecular weight excluding hydrogens is 164 g/mol. The van der Waals surface area contributed by atoms with E-state index in [0.717, 1.165) is 13.2 Å². The number of hydrogen-bond donors (Lipinski definition) is 0. The third kappa shape index (κ3) is 2.29. The van der Waals surface area contributed by atoms with Crippen LogP contribution in [0.2, 0.25) is 0 Å². The van der Waals surface area contributed by atoms with Crippen molar-refractivity contribution in [3.63, 3.8) is 0 Å². The summed E-state index contributed by atoms with van der Waals surface area (Å²) in [6.07, 6.45) is 0.321. The Kier molecular flexibility index (Phi) is 2.62. The zero-order valence-electron chi connectivity index (χ0n) is 7.82. The minimum absolute atomic E-state index is 0.321. The molecule has 1 aromatic rings. The van der Waals surface area contributed by atoms with Crippen LogP contribution in [0, 0.1) is 6.92 Å². The lowest BCUT2D eigenvalue weighted by Crippen LogP contribution is -2.35. The minimum Gasteiger partial charge on any atom is -0.376 e. The second kappa shape index (κ2) is 3.90. The molecule has 0 unspecified atom stereocenters. The maximum Gasteiger partial charge on any atom is 0.105 e. The highest BCUT2D eigenvalue weighted by Crippen LogP contribution is 2.10. The van der Waals surface area contributed by atoms with Gasteiger partial charge in [0.2, 0.25) is 0 Å². The van der Waals surface area contributed by atoms with Crippen LogP contribution in [-0.4, -0.2) is 19.3 Å². The predicted molar refractivity (Wildman–Crippen MR) is 50.6 cm³/mol. The fourth-order valence-corrected chi connectivity index (χ4v) is 1.21. The van der Waals surface area contributed by atoms with Gasteiger partial charge in [0.25, 0.3) is 0 Å². The topological polar surface area (TPSA) is 18.5 Å². The molecule has 13 heavy (non-hydrogen) atoms. The van der Waals surface area contributed by atoms with Gasteiger partial charge >= 0.3 is 0 Å². The van der Waals surface area contributed by atoms with E-state index in [9.17, 15) is 0 Å². The smallest absolute Gasteiger partial charge is 0.105 e. The van der Waals surface area contributed by atoms with Crippen molar-refractivity contribution in [2.45, 2.75) is 19.6 Å². The zero-order chi connectivity index (χ0) is 9.10. The van der Waals surface area contributed by atoms with Crippen molar-refractivity contribution in [3.05, 3.63) is 35.4 Å². The van der Waals surface area contributed by atoms with E-state index >= 15 is 0 Å². The number of hydrogen-bond acceptors (Lipinski definition) is 2. The average Bonchev–Trinajstić information content (AvgIpc) is 2.05. The molecule has 0 atom stereocenters. The first-order valence-corrected chi connectivity index (χ1v) is 4.59. The summed E-state index contributed by atoms with van der Waals surface area (Å²) in [7, 11) is 0. The third-order valence-corrected chi connectivity index (χ3v) is 2.21. The number of aryl methyl sites for hydroxylation is 1. The molecule has 0 N–H and O–H groups in total. The number of benzene rings is 1. The van der Waals surface area contributed by atoms with E-state index in [4.69, 9.17) is 9.47 Å². The Morgan fingerprint density at radius 1 is 1.31 bits per heavy atom. The van der Waals surface area contributed by atoms with Crippen molar-refractivity contribution in [1.29, 1.82) is 0 Å². The van der Waals surface area contributed by atoms with E-state index in [1.807, 2.05) is 0 Å². The normalized spacial score (nSPS) is 17.0. The molecule has 0 aromatic heterocycles. The summed E-state index contributed by atoms with van der Waals surface area (Å²) < 4.78 is 10.6. The van der Waals surface area contributed by atoms with Crippen molar-refractivity contribution in [1.82, 2.24) is 0 Å². The van der Waals surface area contributed by atoms with Crippen LogP contribution in [0.25, 0.3) is 0 Å². The van der Waals surface area contributed by atoms with E-state index in [-0.39, 0.29) is 0 Å². The maximum atomic E-state index is 5.58. The van der Waals surface area contributed by atoms with Gasteiger partial charge in [-0.15, -0.1) is 0 Å². The van der Waals surface area contributed by atoms with Crippen LogP contribution in [0.3, 0.4) is 0 Å². The summed E-state index contributed by atoms with van der Waals surface area (Å²) in [6, 6.07) is 8.43.